The van der Waals surface area contributed by atoms with Crippen molar-refractivity contribution in [3.8, 4) is 11.5 Å². The number of alkyl halides is 2. The number of hydrogen-bond donors (Lipinski definition) is 2. The highest BCUT2D eigenvalue weighted by Gasteiger charge is 2.26. The van der Waals surface area contributed by atoms with Crippen LogP contribution >= 0.6 is 0 Å². The summed E-state index contributed by atoms with van der Waals surface area (Å²) in [5.41, 5.74) is 0.743. The molecule has 0 saturated carbocycles. The summed E-state index contributed by atoms with van der Waals surface area (Å²) in [4.78, 5) is 0. The van der Waals surface area contributed by atoms with Crippen LogP contribution in [0, 0.1) is 0 Å². The van der Waals surface area contributed by atoms with Crippen LogP contribution in [-0.4, -0.2) is 38.4 Å². The molecule has 1 rings (SSSR count). The van der Waals surface area contributed by atoms with Gasteiger partial charge in [0.2, 0.25) is 0 Å². The van der Waals surface area contributed by atoms with Gasteiger partial charge in [-0.1, -0.05) is 6.07 Å². The van der Waals surface area contributed by atoms with Crippen LogP contribution in [0.2, 0.25) is 0 Å². The van der Waals surface area contributed by atoms with E-state index in [1.165, 1.54) is 14.2 Å². The van der Waals surface area contributed by atoms with Gasteiger partial charge in [0.15, 0.2) is 0 Å². The molecule has 0 aliphatic rings. The van der Waals surface area contributed by atoms with Crippen molar-refractivity contribution in [3.63, 3.8) is 0 Å². The number of halogens is 2. The van der Waals surface area contributed by atoms with E-state index >= 15 is 0 Å². The summed E-state index contributed by atoms with van der Waals surface area (Å²) in [5.74, 6) is -1.91. The molecule has 0 heterocycles. The minimum Gasteiger partial charge on any atom is -0.497 e. The highest BCUT2D eigenvalue weighted by molar-refractivity contribution is 5.40. The van der Waals surface area contributed by atoms with Crippen LogP contribution in [0.3, 0.4) is 0 Å². The van der Waals surface area contributed by atoms with Crippen LogP contribution in [0.5, 0.6) is 11.5 Å². The van der Waals surface area contributed by atoms with Gasteiger partial charge in [-0.15, -0.1) is 0 Å². The van der Waals surface area contributed by atoms with E-state index < -0.39 is 19.1 Å². The third-order valence-electron chi connectivity index (χ3n) is 2.42. The Bertz CT molecular complexity index is 386. The molecule has 1 aromatic rings. The van der Waals surface area contributed by atoms with E-state index in [4.69, 9.17) is 14.6 Å². The van der Waals surface area contributed by atoms with E-state index in [1.807, 2.05) is 0 Å². The number of ether oxygens (including phenoxy) is 2. The Balaban J connectivity index is 2.62. The molecule has 2 N–H and O–H groups in total. The van der Waals surface area contributed by atoms with Gasteiger partial charge >= 0.3 is 0 Å². The zero-order chi connectivity index (χ0) is 13.6. The maximum atomic E-state index is 12.8. The lowest BCUT2D eigenvalue weighted by Crippen LogP contribution is -2.35. The average molecular weight is 261 g/mol. The molecule has 1 aromatic carbocycles. The quantitative estimate of drug-likeness (QED) is 0.779. The van der Waals surface area contributed by atoms with Gasteiger partial charge in [0.1, 0.15) is 18.1 Å². The van der Waals surface area contributed by atoms with Crippen molar-refractivity contribution in [1.82, 2.24) is 5.32 Å². The average Bonchev–Trinajstić information content (AvgIpc) is 2.38. The van der Waals surface area contributed by atoms with E-state index in [0.717, 1.165) is 5.56 Å². The smallest absolute Gasteiger partial charge is 0.282 e. The van der Waals surface area contributed by atoms with Crippen LogP contribution in [0.1, 0.15) is 5.56 Å². The third-order valence-corrected chi connectivity index (χ3v) is 2.42. The van der Waals surface area contributed by atoms with Crippen molar-refractivity contribution in [3.05, 3.63) is 23.8 Å². The number of rotatable bonds is 7. The van der Waals surface area contributed by atoms with Gasteiger partial charge < -0.3 is 19.9 Å². The van der Waals surface area contributed by atoms with Crippen molar-refractivity contribution in [1.29, 1.82) is 0 Å². The van der Waals surface area contributed by atoms with Crippen molar-refractivity contribution in [2.24, 2.45) is 0 Å². The molecular formula is C12H17F2NO3. The molecule has 4 nitrogen and oxygen atoms in total. The molecular weight excluding hydrogens is 244 g/mol. The minimum atomic E-state index is -3.11. The second-order valence-electron chi connectivity index (χ2n) is 3.80. The predicted octanol–water partition coefficient (Wildman–Crippen LogP) is 1.42. The zero-order valence-electron chi connectivity index (χ0n) is 10.4. The first-order valence-electron chi connectivity index (χ1n) is 5.42. The summed E-state index contributed by atoms with van der Waals surface area (Å²) in [6.45, 7) is -1.53. The lowest BCUT2D eigenvalue weighted by molar-refractivity contribution is -0.0478. The summed E-state index contributed by atoms with van der Waals surface area (Å²) in [6.07, 6.45) is 0. The largest absolute Gasteiger partial charge is 0.497 e. The Hall–Kier alpha value is -1.40. The first-order chi connectivity index (χ1) is 8.52. The minimum absolute atomic E-state index is 0.225. The molecule has 0 bridgehead atoms. The molecule has 0 aromatic heterocycles. The molecule has 0 spiro atoms. The third kappa shape index (κ3) is 4.12. The van der Waals surface area contributed by atoms with Crippen LogP contribution in [-0.2, 0) is 6.54 Å². The van der Waals surface area contributed by atoms with Gasteiger partial charge in [-0.2, -0.15) is 0 Å². The Labute approximate surface area is 105 Å². The zero-order valence-corrected chi connectivity index (χ0v) is 10.4. The number of benzene rings is 1. The van der Waals surface area contributed by atoms with Gasteiger partial charge in [0.05, 0.1) is 20.8 Å². The van der Waals surface area contributed by atoms with Gasteiger partial charge in [-0.25, -0.2) is 8.78 Å². The number of aliphatic hydroxyl groups is 1. The lowest BCUT2D eigenvalue weighted by atomic mass is 10.2. The van der Waals surface area contributed by atoms with Crippen LogP contribution in [0.4, 0.5) is 8.78 Å². The fourth-order valence-corrected chi connectivity index (χ4v) is 1.43. The molecule has 18 heavy (non-hydrogen) atoms. The Morgan fingerprint density at radius 3 is 2.56 bits per heavy atom. The van der Waals surface area contributed by atoms with Crippen molar-refractivity contribution < 1.29 is 23.4 Å². The Morgan fingerprint density at radius 1 is 1.28 bits per heavy atom. The van der Waals surface area contributed by atoms with Crippen LogP contribution in [0.25, 0.3) is 0 Å². The summed E-state index contributed by atoms with van der Waals surface area (Å²) < 4.78 is 35.8. The van der Waals surface area contributed by atoms with Gasteiger partial charge in [0.25, 0.3) is 5.92 Å². The fourth-order valence-electron chi connectivity index (χ4n) is 1.43. The fraction of sp³-hybridized carbons (Fsp3) is 0.500. The second kappa shape index (κ2) is 6.51. The van der Waals surface area contributed by atoms with E-state index in [2.05, 4.69) is 5.32 Å². The lowest BCUT2D eigenvalue weighted by Gasteiger charge is -2.15. The number of hydrogen-bond acceptors (Lipinski definition) is 4. The van der Waals surface area contributed by atoms with Crippen molar-refractivity contribution in [2.45, 2.75) is 12.5 Å². The number of methoxy groups -OCH3 is 2. The molecule has 0 fully saturated rings. The summed E-state index contributed by atoms with van der Waals surface area (Å²) in [6, 6.07) is 5.15. The maximum absolute atomic E-state index is 12.8. The summed E-state index contributed by atoms with van der Waals surface area (Å²) >= 11 is 0. The highest BCUT2D eigenvalue weighted by Crippen LogP contribution is 2.24. The SMILES string of the molecule is COc1ccc(CNCC(F)(F)CO)c(OC)c1. The summed E-state index contributed by atoms with van der Waals surface area (Å²) in [7, 11) is 3.04. The van der Waals surface area contributed by atoms with E-state index in [-0.39, 0.29) is 6.54 Å². The topological polar surface area (TPSA) is 50.7 Å². The number of aliphatic hydroxyl groups excluding tert-OH is 1. The van der Waals surface area contributed by atoms with Crippen molar-refractivity contribution >= 4 is 0 Å². The first kappa shape index (κ1) is 14.7. The van der Waals surface area contributed by atoms with Crippen molar-refractivity contribution in [2.75, 3.05) is 27.4 Å². The maximum Gasteiger partial charge on any atom is 0.282 e. The van der Waals surface area contributed by atoms with E-state index in [0.29, 0.717) is 11.5 Å². The molecule has 102 valence electrons. The van der Waals surface area contributed by atoms with Gasteiger partial charge in [-0.3, -0.25) is 0 Å². The molecule has 6 heteroatoms. The molecule has 0 atom stereocenters. The Kier molecular flexibility index (Phi) is 5.30. The van der Waals surface area contributed by atoms with Crippen LogP contribution in [0.15, 0.2) is 18.2 Å². The molecule has 0 amide bonds. The standard InChI is InChI=1S/C12H17F2NO3/c1-17-10-4-3-9(11(5-10)18-2)6-15-7-12(13,14)8-16/h3-5,15-16H,6-8H2,1-2H3. The molecule has 0 radical (unpaired) electrons. The second-order valence-corrected chi connectivity index (χ2v) is 3.80. The van der Waals surface area contributed by atoms with E-state index in [9.17, 15) is 8.78 Å². The normalized spacial score (nSPS) is 11.4. The predicted molar refractivity (Wildman–Crippen MR) is 63.3 cm³/mol. The molecule has 0 aliphatic heterocycles. The Morgan fingerprint density at radius 2 is 2.00 bits per heavy atom. The van der Waals surface area contributed by atoms with Gasteiger partial charge in [0, 0.05) is 18.2 Å². The van der Waals surface area contributed by atoms with E-state index in [1.54, 1.807) is 18.2 Å². The van der Waals surface area contributed by atoms with Gasteiger partial charge in [-0.05, 0) is 6.07 Å². The molecule has 0 aliphatic carbocycles. The monoisotopic (exact) mass is 261 g/mol. The molecule has 0 saturated heterocycles. The highest BCUT2D eigenvalue weighted by atomic mass is 19.3. The molecule has 0 unspecified atom stereocenters. The first-order valence-corrected chi connectivity index (χ1v) is 5.42. The summed E-state index contributed by atoms with van der Waals surface area (Å²) in [5, 5.41) is 11.0. The van der Waals surface area contributed by atoms with Crippen LogP contribution < -0.4 is 14.8 Å². The number of nitrogens with one attached hydrogen (secondary N) is 1.